The Morgan fingerprint density at radius 1 is 1.08 bits per heavy atom. The van der Waals surface area contributed by atoms with E-state index in [2.05, 4.69) is 53.1 Å². The van der Waals surface area contributed by atoms with Gasteiger partial charge in [0.2, 0.25) is 0 Å². The van der Waals surface area contributed by atoms with Gasteiger partial charge in [0.1, 0.15) is 0 Å². The maximum atomic E-state index is 12.7. The van der Waals surface area contributed by atoms with E-state index in [-0.39, 0.29) is 5.91 Å². The first kappa shape index (κ1) is 16.8. The Kier molecular flexibility index (Phi) is 4.76. The molecule has 1 saturated heterocycles. The maximum Gasteiger partial charge on any atom is 0.267 e. The maximum absolute atomic E-state index is 12.7. The number of carbonyl (C=O) groups excluding carboxylic acids is 1. The molecule has 0 aliphatic carbocycles. The minimum atomic E-state index is -0.00369. The van der Waals surface area contributed by atoms with Gasteiger partial charge in [0.05, 0.1) is 5.56 Å². The highest BCUT2D eigenvalue weighted by Crippen LogP contribution is 2.22. The lowest BCUT2D eigenvalue weighted by atomic mass is 10.0. The van der Waals surface area contributed by atoms with Crippen LogP contribution in [0, 0.1) is 26.7 Å². The Morgan fingerprint density at radius 3 is 2.33 bits per heavy atom. The van der Waals surface area contributed by atoms with E-state index in [0.717, 1.165) is 54.5 Å². The number of aryl methyl sites for hydroxylation is 2. The molecule has 1 aliphatic heterocycles. The molecule has 0 bridgehead atoms. The van der Waals surface area contributed by atoms with Crippen molar-refractivity contribution in [1.29, 1.82) is 0 Å². The van der Waals surface area contributed by atoms with Crippen molar-refractivity contribution in [3.8, 4) is 5.69 Å². The number of rotatable bonds is 3. The van der Waals surface area contributed by atoms with Gasteiger partial charge in [-0.3, -0.25) is 10.2 Å². The van der Waals surface area contributed by atoms with E-state index in [0.29, 0.717) is 0 Å². The van der Waals surface area contributed by atoms with E-state index in [4.69, 9.17) is 0 Å². The van der Waals surface area contributed by atoms with Crippen molar-refractivity contribution < 1.29 is 4.79 Å². The second-order valence-electron chi connectivity index (χ2n) is 7.07. The van der Waals surface area contributed by atoms with Gasteiger partial charge in [-0.15, -0.1) is 0 Å². The number of piperidine rings is 1. The van der Waals surface area contributed by atoms with E-state index < -0.39 is 0 Å². The fourth-order valence-electron chi connectivity index (χ4n) is 3.41. The van der Waals surface area contributed by atoms with Crippen LogP contribution in [0.25, 0.3) is 5.69 Å². The third-order valence-corrected chi connectivity index (χ3v) is 5.01. The molecule has 0 spiro atoms. The molecule has 1 aliphatic rings. The largest absolute Gasteiger partial charge is 0.318 e. The number of nitrogens with zero attached hydrogens (tertiary/aromatic N) is 2. The lowest BCUT2D eigenvalue weighted by Crippen LogP contribution is -2.46. The molecule has 0 saturated carbocycles. The number of nitrogens with one attached hydrogen (secondary N) is 1. The molecule has 0 radical (unpaired) electrons. The predicted molar refractivity (Wildman–Crippen MR) is 97.4 cm³/mol. The molecule has 128 valence electrons. The summed E-state index contributed by atoms with van der Waals surface area (Å²) in [5.41, 5.74) is 8.23. The second-order valence-corrected chi connectivity index (χ2v) is 7.07. The number of aromatic nitrogens is 1. The standard InChI is InChI=1S/C20H27N3O/c1-14-5-7-18(8-6-14)23-16(3)13-19(17(23)4)20(24)21-22-11-9-15(2)10-12-22/h5-8,13,15H,9-12H2,1-4H3,(H,21,24). The molecular weight excluding hydrogens is 298 g/mol. The van der Waals surface area contributed by atoms with Crippen molar-refractivity contribution in [2.24, 2.45) is 5.92 Å². The number of benzene rings is 1. The van der Waals surface area contributed by atoms with Crippen LogP contribution in [-0.4, -0.2) is 28.6 Å². The second kappa shape index (κ2) is 6.81. The van der Waals surface area contributed by atoms with Gasteiger partial charge in [-0.2, -0.15) is 0 Å². The third-order valence-electron chi connectivity index (χ3n) is 5.01. The molecule has 1 aromatic carbocycles. The van der Waals surface area contributed by atoms with Crippen LogP contribution >= 0.6 is 0 Å². The van der Waals surface area contributed by atoms with Crippen LogP contribution in [0.2, 0.25) is 0 Å². The predicted octanol–water partition coefficient (Wildman–Crippen LogP) is 3.78. The first-order valence-electron chi connectivity index (χ1n) is 8.77. The fourth-order valence-corrected chi connectivity index (χ4v) is 3.41. The molecule has 4 nitrogen and oxygen atoms in total. The quantitative estimate of drug-likeness (QED) is 0.932. The van der Waals surface area contributed by atoms with Crippen molar-refractivity contribution in [1.82, 2.24) is 15.0 Å². The zero-order valence-electron chi connectivity index (χ0n) is 15.1. The Morgan fingerprint density at radius 2 is 1.71 bits per heavy atom. The lowest BCUT2D eigenvalue weighted by molar-refractivity contribution is 0.0711. The molecule has 1 amide bonds. The summed E-state index contributed by atoms with van der Waals surface area (Å²) >= 11 is 0. The van der Waals surface area contributed by atoms with Gasteiger partial charge in [0, 0.05) is 30.2 Å². The van der Waals surface area contributed by atoms with Crippen LogP contribution in [0.4, 0.5) is 0 Å². The summed E-state index contributed by atoms with van der Waals surface area (Å²) in [6.07, 6.45) is 2.28. The zero-order chi connectivity index (χ0) is 17.3. The summed E-state index contributed by atoms with van der Waals surface area (Å²) < 4.78 is 2.15. The molecule has 1 N–H and O–H groups in total. The highest BCUT2D eigenvalue weighted by Gasteiger charge is 2.21. The Balaban J connectivity index is 1.80. The van der Waals surface area contributed by atoms with Gasteiger partial charge in [-0.25, -0.2) is 5.01 Å². The van der Waals surface area contributed by atoms with Crippen LogP contribution < -0.4 is 5.43 Å². The molecule has 3 rings (SSSR count). The van der Waals surface area contributed by atoms with Crippen LogP contribution in [0.15, 0.2) is 30.3 Å². The topological polar surface area (TPSA) is 37.3 Å². The summed E-state index contributed by atoms with van der Waals surface area (Å²) in [6, 6.07) is 10.4. The summed E-state index contributed by atoms with van der Waals surface area (Å²) in [4.78, 5) is 12.7. The molecule has 2 heterocycles. The zero-order valence-corrected chi connectivity index (χ0v) is 15.1. The lowest BCUT2D eigenvalue weighted by Gasteiger charge is -2.30. The minimum Gasteiger partial charge on any atom is -0.318 e. The van der Waals surface area contributed by atoms with Gasteiger partial charge in [0.25, 0.3) is 5.91 Å². The van der Waals surface area contributed by atoms with Gasteiger partial charge in [-0.05, 0) is 57.7 Å². The third kappa shape index (κ3) is 3.39. The van der Waals surface area contributed by atoms with E-state index in [1.165, 1.54) is 5.56 Å². The van der Waals surface area contributed by atoms with Crippen molar-refractivity contribution in [2.75, 3.05) is 13.1 Å². The average molecular weight is 325 g/mol. The number of hydrazine groups is 1. The number of hydrogen-bond acceptors (Lipinski definition) is 2. The van der Waals surface area contributed by atoms with Crippen LogP contribution in [0.5, 0.6) is 0 Å². The molecule has 0 atom stereocenters. The molecule has 1 fully saturated rings. The fraction of sp³-hybridized carbons (Fsp3) is 0.450. The molecule has 1 aromatic heterocycles. The molecule has 24 heavy (non-hydrogen) atoms. The average Bonchev–Trinajstić information content (AvgIpc) is 2.85. The van der Waals surface area contributed by atoms with Crippen LogP contribution in [0.1, 0.15) is 47.1 Å². The van der Waals surface area contributed by atoms with E-state index in [1.807, 2.05) is 19.9 Å². The van der Waals surface area contributed by atoms with Gasteiger partial charge >= 0.3 is 0 Å². The summed E-state index contributed by atoms with van der Waals surface area (Å²) in [5, 5.41) is 2.06. The van der Waals surface area contributed by atoms with Crippen molar-refractivity contribution in [2.45, 2.75) is 40.5 Å². The Bertz CT molecular complexity index is 722. The number of carbonyl (C=O) groups is 1. The molecule has 4 heteroatoms. The first-order chi connectivity index (χ1) is 11.5. The summed E-state index contributed by atoms with van der Waals surface area (Å²) in [7, 11) is 0. The number of hydrogen-bond donors (Lipinski definition) is 1. The van der Waals surface area contributed by atoms with Crippen LogP contribution in [-0.2, 0) is 0 Å². The highest BCUT2D eigenvalue weighted by molar-refractivity contribution is 5.95. The SMILES string of the molecule is Cc1ccc(-n2c(C)cc(C(=O)NN3CCC(C)CC3)c2C)cc1. The van der Waals surface area contributed by atoms with Gasteiger partial charge < -0.3 is 4.57 Å². The van der Waals surface area contributed by atoms with Crippen LogP contribution in [0.3, 0.4) is 0 Å². The minimum absolute atomic E-state index is 0.00369. The molecular formula is C20H27N3O. The normalized spacial score (nSPS) is 16.3. The Labute approximate surface area is 144 Å². The molecule has 0 unspecified atom stereocenters. The van der Waals surface area contributed by atoms with Crippen molar-refractivity contribution in [3.63, 3.8) is 0 Å². The summed E-state index contributed by atoms with van der Waals surface area (Å²) in [5.74, 6) is 0.751. The Hall–Kier alpha value is -2.07. The smallest absolute Gasteiger partial charge is 0.267 e. The van der Waals surface area contributed by atoms with E-state index in [9.17, 15) is 4.79 Å². The number of amides is 1. The molecule has 2 aromatic rings. The van der Waals surface area contributed by atoms with E-state index >= 15 is 0 Å². The van der Waals surface area contributed by atoms with E-state index in [1.54, 1.807) is 0 Å². The summed E-state index contributed by atoms with van der Waals surface area (Å²) in [6.45, 7) is 10.3. The monoisotopic (exact) mass is 325 g/mol. The van der Waals surface area contributed by atoms with Gasteiger partial charge in [0.15, 0.2) is 0 Å². The first-order valence-corrected chi connectivity index (χ1v) is 8.77. The van der Waals surface area contributed by atoms with Gasteiger partial charge in [-0.1, -0.05) is 24.6 Å². The van der Waals surface area contributed by atoms with Crippen molar-refractivity contribution >= 4 is 5.91 Å². The van der Waals surface area contributed by atoms with Crippen molar-refractivity contribution in [3.05, 3.63) is 52.8 Å². The highest BCUT2D eigenvalue weighted by atomic mass is 16.2.